The molecule has 2 nitrogen and oxygen atoms in total. The van der Waals surface area contributed by atoms with Crippen molar-refractivity contribution in [1.29, 1.82) is 0 Å². The van der Waals surface area contributed by atoms with Gasteiger partial charge in [-0.3, -0.25) is 0 Å². The number of halogens is 2. The van der Waals surface area contributed by atoms with Crippen molar-refractivity contribution >= 4 is 15.9 Å². The van der Waals surface area contributed by atoms with Crippen LogP contribution in [0.1, 0.15) is 18.9 Å². The van der Waals surface area contributed by atoms with Gasteiger partial charge < -0.3 is 10.1 Å². The van der Waals surface area contributed by atoms with Gasteiger partial charge in [-0.15, -0.1) is 0 Å². The van der Waals surface area contributed by atoms with Crippen LogP contribution in [0, 0.1) is 11.7 Å². The average Bonchev–Trinajstić information content (AvgIpc) is 2.78. The van der Waals surface area contributed by atoms with E-state index in [1.54, 1.807) is 6.07 Å². The van der Waals surface area contributed by atoms with Crippen LogP contribution in [0.3, 0.4) is 0 Å². The molecule has 1 heterocycles. The van der Waals surface area contributed by atoms with Gasteiger partial charge in [-0.2, -0.15) is 0 Å². The summed E-state index contributed by atoms with van der Waals surface area (Å²) in [6.07, 6.45) is 1.11. The molecule has 17 heavy (non-hydrogen) atoms. The van der Waals surface area contributed by atoms with Gasteiger partial charge in [0.05, 0.1) is 6.61 Å². The molecule has 4 heteroatoms. The number of benzene rings is 1. The van der Waals surface area contributed by atoms with E-state index in [4.69, 9.17) is 4.74 Å². The summed E-state index contributed by atoms with van der Waals surface area (Å²) in [6, 6.07) is 5.38. The Morgan fingerprint density at radius 1 is 1.53 bits per heavy atom. The van der Waals surface area contributed by atoms with Crippen LogP contribution in [0.5, 0.6) is 0 Å². The predicted octanol–water partition coefficient (Wildman–Crippen LogP) is 3.10. The van der Waals surface area contributed by atoms with E-state index in [1.807, 2.05) is 6.07 Å². The zero-order valence-corrected chi connectivity index (χ0v) is 11.5. The van der Waals surface area contributed by atoms with Gasteiger partial charge in [-0.05, 0) is 43.0 Å². The molecule has 0 aliphatic carbocycles. The molecule has 1 aromatic rings. The minimum atomic E-state index is -0.201. The molecule has 1 fully saturated rings. The molecule has 0 spiro atoms. The largest absolute Gasteiger partial charge is 0.381 e. The van der Waals surface area contributed by atoms with Crippen molar-refractivity contribution in [3.63, 3.8) is 0 Å². The molecule has 0 aromatic heterocycles. The minimum absolute atomic E-state index is 0.201. The number of nitrogens with one attached hydrogen (secondary N) is 1. The van der Waals surface area contributed by atoms with E-state index in [1.165, 1.54) is 6.07 Å². The summed E-state index contributed by atoms with van der Waals surface area (Å²) in [6.45, 7) is 4.55. The van der Waals surface area contributed by atoms with Crippen molar-refractivity contribution in [1.82, 2.24) is 5.32 Å². The summed E-state index contributed by atoms with van der Waals surface area (Å²) < 4.78 is 19.3. The van der Waals surface area contributed by atoms with Crippen molar-refractivity contribution in [2.75, 3.05) is 13.2 Å². The van der Waals surface area contributed by atoms with E-state index < -0.39 is 0 Å². The fourth-order valence-electron chi connectivity index (χ4n) is 2.11. The first-order valence-corrected chi connectivity index (χ1v) is 6.70. The normalized spacial score (nSPS) is 21.7. The highest BCUT2D eigenvalue weighted by Gasteiger charge is 2.21. The monoisotopic (exact) mass is 301 g/mol. The highest BCUT2D eigenvalue weighted by atomic mass is 79.9. The molecule has 2 rings (SSSR count). The summed E-state index contributed by atoms with van der Waals surface area (Å²) in [4.78, 5) is 0. The molecule has 1 aliphatic rings. The second-order valence-electron chi connectivity index (χ2n) is 4.57. The lowest BCUT2D eigenvalue weighted by molar-refractivity contribution is 0.178. The zero-order valence-electron chi connectivity index (χ0n) is 9.88. The van der Waals surface area contributed by atoms with Crippen molar-refractivity contribution in [3.8, 4) is 0 Å². The first-order chi connectivity index (χ1) is 8.15. The number of hydrogen-bond donors (Lipinski definition) is 1. The van der Waals surface area contributed by atoms with Crippen LogP contribution < -0.4 is 5.32 Å². The summed E-state index contributed by atoms with van der Waals surface area (Å²) in [5.41, 5.74) is 0.961. The lowest BCUT2D eigenvalue weighted by Gasteiger charge is -2.19. The maximum atomic E-state index is 13.2. The first kappa shape index (κ1) is 13.0. The molecule has 1 N–H and O–H groups in total. The summed E-state index contributed by atoms with van der Waals surface area (Å²) in [7, 11) is 0. The van der Waals surface area contributed by atoms with Gasteiger partial charge in [0.2, 0.25) is 0 Å². The Morgan fingerprint density at radius 3 is 3.00 bits per heavy atom. The van der Waals surface area contributed by atoms with E-state index in [2.05, 4.69) is 28.2 Å². The average molecular weight is 302 g/mol. The van der Waals surface area contributed by atoms with Gasteiger partial charge in [0.25, 0.3) is 0 Å². The molecule has 1 saturated heterocycles. The first-order valence-electron chi connectivity index (χ1n) is 5.91. The van der Waals surface area contributed by atoms with E-state index in [-0.39, 0.29) is 5.82 Å². The van der Waals surface area contributed by atoms with Gasteiger partial charge in [-0.25, -0.2) is 4.39 Å². The summed E-state index contributed by atoms with van der Waals surface area (Å²) >= 11 is 3.30. The lowest BCUT2D eigenvalue weighted by Crippen LogP contribution is -2.33. The topological polar surface area (TPSA) is 21.3 Å². The highest BCUT2D eigenvalue weighted by molar-refractivity contribution is 9.10. The van der Waals surface area contributed by atoms with Crippen molar-refractivity contribution in [3.05, 3.63) is 34.1 Å². The smallest absolute Gasteiger partial charge is 0.124 e. The summed E-state index contributed by atoms with van der Waals surface area (Å²) in [5.74, 6) is 0.375. The van der Waals surface area contributed by atoms with Gasteiger partial charge in [0.15, 0.2) is 0 Å². The van der Waals surface area contributed by atoms with Crippen LogP contribution in [0.25, 0.3) is 0 Å². The zero-order chi connectivity index (χ0) is 12.3. The van der Waals surface area contributed by atoms with Crippen molar-refractivity contribution < 1.29 is 9.13 Å². The molecule has 2 unspecified atom stereocenters. The standard InChI is InChI=1S/C13H17BrFNO/c1-9(11-2-3-17-8-11)16-7-10-4-12(14)6-13(15)5-10/h4-6,9,11,16H,2-3,7-8H2,1H3. The van der Waals surface area contributed by atoms with Crippen LogP contribution in [-0.2, 0) is 11.3 Å². The number of hydrogen-bond acceptors (Lipinski definition) is 2. The molecule has 0 bridgehead atoms. The molecule has 1 aliphatic heterocycles. The second kappa shape index (κ2) is 5.94. The van der Waals surface area contributed by atoms with Gasteiger partial charge in [0, 0.05) is 23.7 Å². The van der Waals surface area contributed by atoms with E-state index >= 15 is 0 Å². The van der Waals surface area contributed by atoms with E-state index in [0.29, 0.717) is 18.5 Å². The van der Waals surface area contributed by atoms with Crippen LogP contribution in [0.2, 0.25) is 0 Å². The molecule has 1 aromatic carbocycles. The van der Waals surface area contributed by atoms with Gasteiger partial charge >= 0.3 is 0 Å². The molecular formula is C13H17BrFNO. The Balaban J connectivity index is 1.88. The Kier molecular flexibility index (Phi) is 4.54. The highest BCUT2D eigenvalue weighted by Crippen LogP contribution is 2.18. The molecule has 0 saturated carbocycles. The number of ether oxygens (including phenoxy) is 1. The third-order valence-electron chi connectivity index (χ3n) is 3.22. The van der Waals surface area contributed by atoms with E-state index in [9.17, 15) is 4.39 Å². The third-order valence-corrected chi connectivity index (χ3v) is 3.68. The molecule has 2 atom stereocenters. The Labute approximate surface area is 110 Å². The SMILES string of the molecule is CC(NCc1cc(F)cc(Br)c1)C1CCOC1. The Morgan fingerprint density at radius 2 is 2.35 bits per heavy atom. The maximum Gasteiger partial charge on any atom is 0.124 e. The maximum absolute atomic E-state index is 13.2. The van der Waals surface area contributed by atoms with Crippen molar-refractivity contribution in [2.45, 2.75) is 25.9 Å². The second-order valence-corrected chi connectivity index (χ2v) is 5.49. The van der Waals surface area contributed by atoms with Crippen LogP contribution >= 0.6 is 15.9 Å². The molecule has 0 radical (unpaired) electrons. The van der Waals surface area contributed by atoms with E-state index in [0.717, 1.165) is 29.7 Å². The molecular weight excluding hydrogens is 285 g/mol. The fourth-order valence-corrected chi connectivity index (χ4v) is 2.62. The van der Waals surface area contributed by atoms with Crippen LogP contribution in [-0.4, -0.2) is 19.3 Å². The quantitative estimate of drug-likeness (QED) is 0.923. The predicted molar refractivity (Wildman–Crippen MR) is 69.3 cm³/mol. The summed E-state index contributed by atoms with van der Waals surface area (Å²) in [5, 5.41) is 3.43. The molecule has 94 valence electrons. The van der Waals surface area contributed by atoms with Gasteiger partial charge in [0.1, 0.15) is 5.82 Å². The Bertz CT molecular complexity index is 359. The van der Waals surface area contributed by atoms with Crippen LogP contribution in [0.4, 0.5) is 4.39 Å². The third kappa shape index (κ3) is 3.76. The Hall–Kier alpha value is -0.450. The van der Waals surface area contributed by atoms with Gasteiger partial charge in [-0.1, -0.05) is 15.9 Å². The fraction of sp³-hybridized carbons (Fsp3) is 0.538. The van der Waals surface area contributed by atoms with Crippen LogP contribution in [0.15, 0.2) is 22.7 Å². The minimum Gasteiger partial charge on any atom is -0.381 e. The molecule has 0 amide bonds. The van der Waals surface area contributed by atoms with Crippen molar-refractivity contribution in [2.24, 2.45) is 5.92 Å². The number of rotatable bonds is 4. The lowest BCUT2D eigenvalue weighted by atomic mass is 10.0.